The van der Waals surface area contributed by atoms with Gasteiger partial charge in [0, 0.05) is 32.4 Å². The number of aliphatic hydroxyl groups excluding tert-OH is 1. The predicted octanol–water partition coefficient (Wildman–Crippen LogP) is 0.208. The molecule has 1 aromatic rings. The molecule has 0 bridgehead atoms. The van der Waals surface area contributed by atoms with Gasteiger partial charge in [0.2, 0.25) is 5.56 Å². The standard InChI is InChI=1S/C16H25N3O3/c1-12-5-7-19(8-6-12)11-14(20)9-17-16(22)13-3-4-15(21)18(2)10-13/h3-4,10,12,14,20H,5-9,11H2,1-2H3,(H,17,22). The molecule has 1 atom stereocenters. The van der Waals surface area contributed by atoms with Crippen LogP contribution in [0.2, 0.25) is 0 Å². The van der Waals surface area contributed by atoms with Crippen LogP contribution in [0.4, 0.5) is 0 Å². The van der Waals surface area contributed by atoms with Crippen molar-refractivity contribution in [2.75, 3.05) is 26.2 Å². The van der Waals surface area contributed by atoms with Crippen molar-refractivity contribution in [1.29, 1.82) is 0 Å². The van der Waals surface area contributed by atoms with Gasteiger partial charge in [0.1, 0.15) is 0 Å². The van der Waals surface area contributed by atoms with Gasteiger partial charge in [-0.2, -0.15) is 0 Å². The summed E-state index contributed by atoms with van der Waals surface area (Å²) in [4.78, 5) is 25.5. The Kier molecular flexibility index (Phi) is 5.74. The highest BCUT2D eigenvalue weighted by atomic mass is 16.3. The van der Waals surface area contributed by atoms with Crippen molar-refractivity contribution in [1.82, 2.24) is 14.8 Å². The number of amides is 1. The lowest BCUT2D eigenvalue weighted by Gasteiger charge is -2.31. The normalized spacial score (nSPS) is 18.1. The number of β-amino-alcohol motifs (C(OH)–C–C–N with tert-alkyl or cyclic N) is 1. The fourth-order valence-electron chi connectivity index (χ4n) is 2.65. The number of nitrogens with zero attached hydrogens (tertiary/aromatic N) is 2. The van der Waals surface area contributed by atoms with Crippen LogP contribution in [0.1, 0.15) is 30.1 Å². The second-order valence-corrected chi connectivity index (χ2v) is 6.21. The third-order valence-electron chi connectivity index (χ3n) is 4.19. The topological polar surface area (TPSA) is 74.6 Å². The second kappa shape index (κ2) is 7.56. The molecule has 0 radical (unpaired) electrons. The highest BCUT2D eigenvalue weighted by Crippen LogP contribution is 2.15. The van der Waals surface area contributed by atoms with Crippen molar-refractivity contribution in [2.45, 2.75) is 25.9 Å². The van der Waals surface area contributed by atoms with Gasteiger partial charge in [-0.1, -0.05) is 6.92 Å². The van der Waals surface area contributed by atoms with E-state index in [2.05, 4.69) is 17.1 Å². The van der Waals surface area contributed by atoms with E-state index in [0.29, 0.717) is 12.1 Å². The average molecular weight is 307 g/mol. The van der Waals surface area contributed by atoms with Crippen LogP contribution in [-0.4, -0.2) is 52.8 Å². The number of hydrogen-bond acceptors (Lipinski definition) is 4. The van der Waals surface area contributed by atoms with Crippen LogP contribution in [0.5, 0.6) is 0 Å². The van der Waals surface area contributed by atoms with E-state index >= 15 is 0 Å². The Morgan fingerprint density at radius 3 is 2.73 bits per heavy atom. The number of hydrogen-bond donors (Lipinski definition) is 2. The van der Waals surface area contributed by atoms with Gasteiger partial charge in [-0.25, -0.2) is 0 Å². The van der Waals surface area contributed by atoms with Gasteiger partial charge in [0.15, 0.2) is 0 Å². The zero-order valence-electron chi connectivity index (χ0n) is 13.3. The number of aryl methyl sites for hydroxylation is 1. The molecule has 1 aliphatic heterocycles. The first kappa shape index (κ1) is 16.7. The molecule has 122 valence electrons. The number of carbonyl (C=O) groups is 1. The summed E-state index contributed by atoms with van der Waals surface area (Å²) in [5, 5.41) is 12.8. The molecule has 1 aliphatic rings. The molecule has 1 fully saturated rings. The Balaban J connectivity index is 1.77. The van der Waals surface area contributed by atoms with Gasteiger partial charge in [-0.05, 0) is 37.9 Å². The largest absolute Gasteiger partial charge is 0.390 e. The summed E-state index contributed by atoms with van der Waals surface area (Å²) in [5.41, 5.74) is 0.261. The van der Waals surface area contributed by atoms with Gasteiger partial charge in [0.05, 0.1) is 11.7 Å². The zero-order chi connectivity index (χ0) is 16.1. The van der Waals surface area contributed by atoms with Crippen molar-refractivity contribution in [3.8, 4) is 0 Å². The molecule has 0 saturated carbocycles. The molecule has 1 aromatic heterocycles. The number of pyridine rings is 1. The molecule has 6 heteroatoms. The first-order valence-electron chi connectivity index (χ1n) is 7.81. The lowest BCUT2D eigenvalue weighted by molar-refractivity contribution is 0.0795. The third-order valence-corrected chi connectivity index (χ3v) is 4.19. The average Bonchev–Trinajstić information content (AvgIpc) is 2.50. The first-order valence-corrected chi connectivity index (χ1v) is 7.81. The third kappa shape index (κ3) is 4.68. The molecular weight excluding hydrogens is 282 g/mol. The molecule has 2 rings (SSSR count). The summed E-state index contributed by atoms with van der Waals surface area (Å²) < 4.78 is 1.36. The molecule has 22 heavy (non-hydrogen) atoms. The Morgan fingerprint density at radius 1 is 1.41 bits per heavy atom. The van der Waals surface area contributed by atoms with Crippen LogP contribution in [0.3, 0.4) is 0 Å². The maximum Gasteiger partial charge on any atom is 0.252 e. The number of rotatable bonds is 5. The first-order chi connectivity index (χ1) is 10.5. The summed E-state index contributed by atoms with van der Waals surface area (Å²) in [7, 11) is 1.60. The summed E-state index contributed by atoms with van der Waals surface area (Å²) in [6, 6.07) is 2.86. The van der Waals surface area contributed by atoms with Crippen LogP contribution < -0.4 is 10.9 Å². The van der Waals surface area contributed by atoms with Crippen molar-refractivity contribution in [3.05, 3.63) is 34.2 Å². The van der Waals surface area contributed by atoms with Crippen LogP contribution in [0, 0.1) is 5.92 Å². The van der Waals surface area contributed by atoms with Crippen LogP contribution in [0.15, 0.2) is 23.1 Å². The van der Waals surface area contributed by atoms with Crippen molar-refractivity contribution < 1.29 is 9.90 Å². The molecule has 1 unspecified atom stereocenters. The molecule has 2 N–H and O–H groups in total. The van der Waals surface area contributed by atoms with Crippen LogP contribution in [-0.2, 0) is 7.05 Å². The Labute approximate surface area is 130 Å². The molecule has 6 nitrogen and oxygen atoms in total. The minimum atomic E-state index is -0.579. The van der Waals surface area contributed by atoms with E-state index in [1.54, 1.807) is 7.05 Å². The molecule has 1 saturated heterocycles. The smallest absolute Gasteiger partial charge is 0.252 e. The van der Waals surface area contributed by atoms with Crippen LogP contribution >= 0.6 is 0 Å². The molecule has 0 aromatic carbocycles. The van der Waals surface area contributed by atoms with Crippen LogP contribution in [0.25, 0.3) is 0 Å². The second-order valence-electron chi connectivity index (χ2n) is 6.21. The maximum absolute atomic E-state index is 12.0. The summed E-state index contributed by atoms with van der Waals surface area (Å²) in [5.74, 6) is 0.486. The lowest BCUT2D eigenvalue weighted by atomic mass is 9.99. The quantitative estimate of drug-likeness (QED) is 0.815. The highest BCUT2D eigenvalue weighted by molar-refractivity contribution is 5.93. The summed E-state index contributed by atoms with van der Waals surface area (Å²) >= 11 is 0. The number of piperidine rings is 1. The maximum atomic E-state index is 12.0. The Bertz CT molecular complexity index is 562. The van der Waals surface area contributed by atoms with Crippen molar-refractivity contribution in [3.63, 3.8) is 0 Å². The predicted molar refractivity (Wildman–Crippen MR) is 84.9 cm³/mol. The minimum absolute atomic E-state index is 0.157. The van der Waals surface area contributed by atoms with Gasteiger partial charge in [-0.3, -0.25) is 9.59 Å². The zero-order valence-corrected chi connectivity index (χ0v) is 13.3. The SMILES string of the molecule is CC1CCN(CC(O)CNC(=O)c2ccc(=O)n(C)c2)CC1. The van der Waals surface area contributed by atoms with E-state index in [-0.39, 0.29) is 18.0 Å². The fraction of sp³-hybridized carbons (Fsp3) is 0.625. The number of nitrogens with one attached hydrogen (secondary N) is 1. The number of carbonyl (C=O) groups excluding carboxylic acids is 1. The van der Waals surface area contributed by atoms with E-state index in [1.807, 2.05) is 0 Å². The minimum Gasteiger partial charge on any atom is -0.390 e. The Hall–Kier alpha value is -1.66. The van der Waals surface area contributed by atoms with Gasteiger partial charge in [-0.15, -0.1) is 0 Å². The van der Waals surface area contributed by atoms with Gasteiger partial charge < -0.3 is 19.9 Å². The molecular formula is C16H25N3O3. The van der Waals surface area contributed by atoms with E-state index < -0.39 is 6.10 Å². The summed E-state index contributed by atoms with van der Waals surface area (Å²) in [6.45, 7) is 5.06. The molecule has 2 heterocycles. The lowest BCUT2D eigenvalue weighted by Crippen LogP contribution is -2.43. The molecule has 0 spiro atoms. The number of likely N-dealkylation sites (tertiary alicyclic amines) is 1. The van der Waals surface area contributed by atoms with E-state index in [1.165, 1.54) is 22.9 Å². The van der Waals surface area contributed by atoms with Gasteiger partial charge in [0.25, 0.3) is 5.91 Å². The monoisotopic (exact) mass is 307 g/mol. The molecule has 0 aliphatic carbocycles. The highest BCUT2D eigenvalue weighted by Gasteiger charge is 2.18. The van der Waals surface area contributed by atoms with Crippen molar-refractivity contribution in [2.24, 2.45) is 13.0 Å². The van der Waals surface area contributed by atoms with E-state index in [0.717, 1.165) is 31.8 Å². The van der Waals surface area contributed by atoms with E-state index in [9.17, 15) is 14.7 Å². The summed E-state index contributed by atoms with van der Waals surface area (Å²) in [6.07, 6.45) is 3.24. The van der Waals surface area contributed by atoms with Crippen molar-refractivity contribution >= 4 is 5.91 Å². The Morgan fingerprint density at radius 2 is 2.09 bits per heavy atom. The fourth-order valence-corrected chi connectivity index (χ4v) is 2.65. The number of aromatic nitrogens is 1. The van der Waals surface area contributed by atoms with E-state index in [4.69, 9.17) is 0 Å². The number of aliphatic hydroxyl groups is 1. The molecule has 1 amide bonds. The van der Waals surface area contributed by atoms with Gasteiger partial charge >= 0.3 is 0 Å².